The van der Waals surface area contributed by atoms with Crippen molar-refractivity contribution in [3.63, 3.8) is 0 Å². The first-order chi connectivity index (χ1) is 32.6. The van der Waals surface area contributed by atoms with Crippen LogP contribution in [0.2, 0.25) is 0 Å². The second-order valence-electron chi connectivity index (χ2n) is 18.1. The number of allylic oxidation sites excluding steroid dienone is 3. The molecule has 2 aliphatic heterocycles. The molecule has 0 bridgehead atoms. The maximum atomic E-state index is 15.4. The average Bonchev–Trinajstić information content (AvgIpc) is 3.79. The minimum Gasteiger partial charge on any atom is -0.311 e. The lowest BCUT2D eigenvalue weighted by atomic mass is 9.90. The number of nitrogens with zero attached hydrogens (tertiary/aromatic N) is 4. The number of hydrogen-bond donors (Lipinski definition) is 0. The van der Waals surface area contributed by atoms with Gasteiger partial charge >= 0.3 is 0 Å². The number of anilines is 5. The van der Waals surface area contributed by atoms with Gasteiger partial charge in [0.2, 0.25) is 0 Å². The van der Waals surface area contributed by atoms with E-state index in [2.05, 4.69) is 184 Å². The predicted molar refractivity (Wildman–Crippen MR) is 274 cm³/mol. The van der Waals surface area contributed by atoms with Gasteiger partial charge in [-0.25, -0.2) is 0 Å². The summed E-state index contributed by atoms with van der Waals surface area (Å²) in [5.41, 5.74) is 15.4. The smallest absolute Gasteiger partial charge is 0.261 e. The number of amides is 2. The largest absolute Gasteiger partial charge is 0.311 e. The van der Waals surface area contributed by atoms with Crippen LogP contribution in [0.25, 0.3) is 11.4 Å². The van der Waals surface area contributed by atoms with Crippen molar-refractivity contribution in [3.05, 3.63) is 256 Å². The lowest BCUT2D eigenvalue weighted by molar-refractivity contribution is -0.124. The summed E-state index contributed by atoms with van der Waals surface area (Å²) in [4.78, 5) is 38.9. The molecule has 2 atom stereocenters. The highest BCUT2D eigenvalue weighted by atomic mass is 16.2. The van der Waals surface area contributed by atoms with Crippen LogP contribution in [0.3, 0.4) is 0 Å². The van der Waals surface area contributed by atoms with E-state index in [1.165, 1.54) is 16.7 Å². The fourth-order valence-electron chi connectivity index (χ4n) is 9.39. The van der Waals surface area contributed by atoms with Crippen LogP contribution < -0.4 is 9.80 Å². The Kier molecular flexibility index (Phi) is 11.6. The molecule has 2 heterocycles. The Morgan fingerprint density at radius 2 is 0.761 bits per heavy atom. The molecule has 0 N–H and O–H groups in total. The number of hydrogen-bond acceptors (Lipinski definition) is 4. The van der Waals surface area contributed by atoms with E-state index in [4.69, 9.17) is 0 Å². The Bertz CT molecular complexity index is 3030. The fraction of sp³-hybridized carbons (Fsp3) is 0.148. The quantitative estimate of drug-likeness (QED) is 0.123. The zero-order chi connectivity index (χ0) is 46.2. The minimum atomic E-state index is -0.191. The third-order valence-electron chi connectivity index (χ3n) is 13.3. The molecule has 6 heteroatoms. The lowest BCUT2D eigenvalue weighted by Gasteiger charge is -2.31. The number of rotatable bonds is 12. The Hall–Kier alpha value is -7.96. The van der Waals surface area contributed by atoms with E-state index in [9.17, 15) is 0 Å². The van der Waals surface area contributed by atoms with Gasteiger partial charge in [0.1, 0.15) is 0 Å². The van der Waals surface area contributed by atoms with Gasteiger partial charge in [-0.2, -0.15) is 0 Å². The molecule has 0 aromatic heterocycles. The summed E-state index contributed by atoms with van der Waals surface area (Å²) in [6.07, 6.45) is 6.84. The Morgan fingerprint density at radius 3 is 1.12 bits per heavy atom. The van der Waals surface area contributed by atoms with Crippen molar-refractivity contribution in [2.75, 3.05) is 9.80 Å². The lowest BCUT2D eigenvalue weighted by Crippen LogP contribution is -2.29. The molecule has 7 aromatic carbocycles. The average molecular weight is 875 g/mol. The fourth-order valence-corrected chi connectivity index (χ4v) is 9.39. The van der Waals surface area contributed by atoms with Gasteiger partial charge in [-0.3, -0.25) is 9.59 Å². The molecule has 2 amide bonds. The van der Waals surface area contributed by atoms with E-state index < -0.39 is 0 Å². The monoisotopic (exact) mass is 874 g/mol. The molecule has 0 radical (unpaired) electrons. The molecule has 0 saturated carbocycles. The standard InChI is InChI=1S/C61H54N4O2/c1-41-16-27-50(28-17-41)64(51-29-18-42(2)19-30-51)53-34-23-48(24-35-53)58-56-57(61(67)62(58)39-46-12-8-6-9-13-46)59(63(60(56)66)40-47-14-10-7-11-15-47)49-25-36-54(37-26-49)65(52-31-20-43(3)21-32-52)55-33-22-44(4)45(5)38-55/h6-38,44-45H,39-40H2,1-5H3. The van der Waals surface area contributed by atoms with E-state index in [0.29, 0.717) is 47.5 Å². The van der Waals surface area contributed by atoms with Crippen LogP contribution in [-0.4, -0.2) is 21.6 Å². The summed E-state index contributed by atoms with van der Waals surface area (Å²) < 4.78 is 0. The zero-order valence-corrected chi connectivity index (χ0v) is 38.7. The molecule has 0 spiro atoms. The Balaban J connectivity index is 1.11. The predicted octanol–water partition coefficient (Wildman–Crippen LogP) is 14.2. The van der Waals surface area contributed by atoms with Gasteiger partial charge in [-0.05, 0) is 122 Å². The van der Waals surface area contributed by atoms with E-state index >= 15 is 9.59 Å². The maximum absolute atomic E-state index is 15.4. The van der Waals surface area contributed by atoms with E-state index in [-0.39, 0.29) is 11.8 Å². The molecule has 330 valence electrons. The van der Waals surface area contributed by atoms with Crippen LogP contribution in [0.5, 0.6) is 0 Å². The van der Waals surface area contributed by atoms with Gasteiger partial charge in [-0.15, -0.1) is 0 Å². The minimum absolute atomic E-state index is 0.191. The van der Waals surface area contributed by atoms with Gasteiger partial charge in [0.25, 0.3) is 11.8 Å². The van der Waals surface area contributed by atoms with Crippen LogP contribution >= 0.6 is 0 Å². The summed E-state index contributed by atoms with van der Waals surface area (Å²) in [6.45, 7) is 11.4. The summed E-state index contributed by atoms with van der Waals surface area (Å²) in [5, 5.41) is 0. The summed E-state index contributed by atoms with van der Waals surface area (Å²) in [6, 6.07) is 62.4. The van der Waals surface area contributed by atoms with Gasteiger partial charge in [0, 0.05) is 34.1 Å². The molecule has 0 saturated heterocycles. The Morgan fingerprint density at radius 1 is 0.418 bits per heavy atom. The number of carbonyl (C=O) groups is 2. The van der Waals surface area contributed by atoms with Gasteiger partial charge in [0.15, 0.2) is 0 Å². The van der Waals surface area contributed by atoms with Gasteiger partial charge in [-0.1, -0.05) is 164 Å². The van der Waals surface area contributed by atoms with Crippen molar-refractivity contribution in [2.24, 2.45) is 11.8 Å². The van der Waals surface area contributed by atoms with Crippen molar-refractivity contribution in [1.29, 1.82) is 0 Å². The molecule has 6 nitrogen and oxygen atoms in total. The molecule has 3 aliphatic rings. The summed E-state index contributed by atoms with van der Waals surface area (Å²) in [5.74, 6) is 0.434. The molecule has 0 fully saturated rings. The summed E-state index contributed by atoms with van der Waals surface area (Å²) >= 11 is 0. The van der Waals surface area contributed by atoms with Crippen molar-refractivity contribution in [2.45, 2.75) is 47.7 Å². The number of carbonyl (C=O) groups excluding carboxylic acids is 2. The summed E-state index contributed by atoms with van der Waals surface area (Å²) in [7, 11) is 0. The second-order valence-corrected chi connectivity index (χ2v) is 18.1. The van der Waals surface area contributed by atoms with Crippen molar-refractivity contribution >= 4 is 51.6 Å². The van der Waals surface area contributed by atoms with Crippen LogP contribution in [0.4, 0.5) is 28.4 Å². The SMILES string of the molecule is Cc1ccc(N(C2=CC(C)C(C)C=C2)c2ccc(C3=C4C(=O)N(Cc5ccccc5)C(c5ccc(N(c6ccc(C)cc6)c6ccc(C)cc6)cc5)=C4C(=O)N3Cc3ccccc3)cc2)cc1. The molecule has 10 rings (SSSR count). The van der Waals surface area contributed by atoms with Crippen molar-refractivity contribution < 1.29 is 9.59 Å². The van der Waals surface area contributed by atoms with Crippen molar-refractivity contribution in [3.8, 4) is 0 Å². The van der Waals surface area contributed by atoms with Gasteiger partial charge in [0.05, 0.1) is 35.6 Å². The third kappa shape index (κ3) is 8.43. The molecular formula is C61H54N4O2. The highest BCUT2D eigenvalue weighted by molar-refractivity contribution is 6.30. The number of benzene rings is 7. The van der Waals surface area contributed by atoms with Crippen molar-refractivity contribution in [1.82, 2.24) is 9.80 Å². The number of aryl methyl sites for hydroxylation is 3. The number of fused-ring (bicyclic) bond motifs is 1. The topological polar surface area (TPSA) is 47.1 Å². The third-order valence-corrected chi connectivity index (χ3v) is 13.3. The van der Waals surface area contributed by atoms with Crippen LogP contribution in [0.1, 0.15) is 52.8 Å². The van der Waals surface area contributed by atoms with Crippen LogP contribution in [0, 0.1) is 32.6 Å². The maximum Gasteiger partial charge on any atom is 0.261 e. The highest BCUT2D eigenvalue weighted by Crippen LogP contribution is 2.49. The molecule has 7 aromatic rings. The van der Waals surface area contributed by atoms with E-state index in [0.717, 1.165) is 56.4 Å². The van der Waals surface area contributed by atoms with E-state index in [1.807, 2.05) is 70.5 Å². The zero-order valence-electron chi connectivity index (χ0n) is 38.7. The molecule has 2 unspecified atom stereocenters. The molecule has 67 heavy (non-hydrogen) atoms. The first kappa shape index (κ1) is 43.0. The Labute approximate surface area is 394 Å². The van der Waals surface area contributed by atoms with Crippen LogP contribution in [0.15, 0.2) is 217 Å². The molecule has 1 aliphatic carbocycles. The molecular weight excluding hydrogens is 821 g/mol. The van der Waals surface area contributed by atoms with E-state index in [1.54, 1.807) is 0 Å². The normalized spacial score (nSPS) is 16.8. The first-order valence-corrected chi connectivity index (χ1v) is 23.2. The van der Waals surface area contributed by atoms with Gasteiger partial charge < -0.3 is 19.6 Å². The highest BCUT2D eigenvalue weighted by Gasteiger charge is 2.49. The second kappa shape index (κ2) is 18.1. The first-order valence-electron chi connectivity index (χ1n) is 23.2. The van der Waals surface area contributed by atoms with Crippen LogP contribution in [-0.2, 0) is 22.7 Å².